The predicted octanol–water partition coefficient (Wildman–Crippen LogP) is 4.49. The van der Waals surface area contributed by atoms with E-state index in [9.17, 15) is 27.6 Å². The molecule has 0 spiro atoms. The smallest absolute Gasteiger partial charge is 0.378 e. The number of nitrogens with one attached hydrogen (secondary N) is 1. The molecule has 190 valence electrons. The molecule has 2 fully saturated rings. The number of fused-ring (bicyclic) bond motifs is 1. The van der Waals surface area contributed by atoms with Crippen LogP contribution in [0.25, 0.3) is 0 Å². The summed E-state index contributed by atoms with van der Waals surface area (Å²) in [6.07, 6.45) is -4.32. The Morgan fingerprint density at radius 1 is 1.32 bits per heavy atom. The van der Waals surface area contributed by atoms with E-state index < -0.39 is 29.6 Å². The average Bonchev–Trinajstić information content (AvgIpc) is 3.23. The number of carbonyl (C=O) groups is 1. The van der Waals surface area contributed by atoms with Crippen LogP contribution in [-0.4, -0.2) is 54.1 Å². The van der Waals surface area contributed by atoms with Crippen molar-refractivity contribution in [3.05, 3.63) is 34.9 Å². The van der Waals surface area contributed by atoms with Gasteiger partial charge in [-0.3, -0.25) is 4.79 Å². The van der Waals surface area contributed by atoms with Crippen molar-refractivity contribution in [1.29, 1.82) is 0 Å². The predicted molar refractivity (Wildman–Crippen MR) is 115 cm³/mol. The largest absolute Gasteiger partial charge is 0.416 e. The van der Waals surface area contributed by atoms with Crippen molar-refractivity contribution < 1.29 is 37.2 Å². The lowest BCUT2D eigenvalue weighted by Crippen LogP contribution is -2.52. The summed E-state index contributed by atoms with van der Waals surface area (Å²) < 4.78 is 59.3. The molecule has 2 N–H and O–H groups in total. The van der Waals surface area contributed by atoms with Gasteiger partial charge < -0.3 is 15.0 Å². The summed E-state index contributed by atoms with van der Waals surface area (Å²) in [4.78, 5) is 19.9. The minimum absolute atomic E-state index is 0.0568. The number of nitrogens with zero attached hydrogens (tertiary/aromatic N) is 1. The number of halogens is 4. The zero-order valence-corrected chi connectivity index (χ0v) is 19.4. The van der Waals surface area contributed by atoms with E-state index in [1.54, 1.807) is 0 Å². The lowest BCUT2D eigenvalue weighted by Gasteiger charge is -2.42. The van der Waals surface area contributed by atoms with Crippen molar-refractivity contribution >= 4 is 5.91 Å². The van der Waals surface area contributed by atoms with Gasteiger partial charge in [0.15, 0.2) is 6.23 Å². The van der Waals surface area contributed by atoms with Crippen molar-refractivity contribution in [2.45, 2.75) is 76.6 Å². The second-order valence-corrected chi connectivity index (χ2v) is 10.0. The van der Waals surface area contributed by atoms with Crippen molar-refractivity contribution in [2.24, 2.45) is 11.3 Å². The molecule has 1 aromatic rings. The van der Waals surface area contributed by atoms with Crippen LogP contribution >= 0.6 is 0 Å². The second-order valence-electron chi connectivity index (χ2n) is 10.0. The number of rotatable bonds is 5. The Morgan fingerprint density at radius 2 is 2.09 bits per heavy atom. The van der Waals surface area contributed by atoms with E-state index in [2.05, 4.69) is 10.2 Å². The van der Waals surface area contributed by atoms with Gasteiger partial charge in [0.25, 0.3) is 0 Å². The number of hydrogen-bond acceptors (Lipinski definition) is 5. The SMILES string of the molecule is CC(C)[C@]1(C(=O)N2CCc3ccc(C(F)(F)F)cc3C2OO)CCC(NC2CCOCC2F)C1. The van der Waals surface area contributed by atoms with Crippen molar-refractivity contribution in [2.75, 3.05) is 19.8 Å². The van der Waals surface area contributed by atoms with Crippen LogP contribution in [0.2, 0.25) is 0 Å². The van der Waals surface area contributed by atoms with E-state index in [1.807, 2.05) is 13.8 Å². The van der Waals surface area contributed by atoms with Gasteiger partial charge in [-0.25, -0.2) is 14.5 Å². The minimum atomic E-state index is -4.55. The normalized spacial score (nSPS) is 32.2. The standard InChI is InChI=1S/C24H32F4N2O4/c1-14(2)23(8-5-17(12-23)29-20-7-10-33-13-19(20)25)22(31)30-9-6-15-3-4-16(24(26,27)28)11-18(15)21(30)34-32/h3-4,11,14,17,19-21,29,32H,5-10,12-13H2,1-2H3/t17?,19?,20?,21?,23-/m0/s1. The highest BCUT2D eigenvalue weighted by molar-refractivity contribution is 5.84. The summed E-state index contributed by atoms with van der Waals surface area (Å²) in [7, 11) is 0. The van der Waals surface area contributed by atoms with Crippen LogP contribution in [0.4, 0.5) is 17.6 Å². The average molecular weight is 489 g/mol. The maximum Gasteiger partial charge on any atom is 0.416 e. The number of alkyl halides is 4. The highest BCUT2D eigenvalue weighted by Gasteiger charge is 2.52. The summed E-state index contributed by atoms with van der Waals surface area (Å²) in [6.45, 7) is 4.66. The third kappa shape index (κ3) is 4.69. The van der Waals surface area contributed by atoms with Gasteiger partial charge in [0.2, 0.25) is 5.91 Å². The van der Waals surface area contributed by atoms with Crippen molar-refractivity contribution in [3.8, 4) is 0 Å². The first kappa shape index (κ1) is 25.3. The molecule has 0 aromatic heterocycles. The van der Waals surface area contributed by atoms with Crippen LogP contribution in [0.1, 0.15) is 62.4 Å². The first-order valence-electron chi connectivity index (χ1n) is 11.9. The fraction of sp³-hybridized carbons (Fsp3) is 0.708. The maximum atomic E-state index is 14.3. The van der Waals surface area contributed by atoms with Gasteiger partial charge in [-0.2, -0.15) is 13.2 Å². The van der Waals surface area contributed by atoms with Crippen LogP contribution in [0.3, 0.4) is 0 Å². The molecule has 2 aliphatic heterocycles. The van der Waals surface area contributed by atoms with Crippen LogP contribution < -0.4 is 5.32 Å². The molecule has 5 atom stereocenters. The number of hydrogen-bond donors (Lipinski definition) is 2. The summed E-state index contributed by atoms with van der Waals surface area (Å²) >= 11 is 0. The molecule has 1 aliphatic carbocycles. The van der Waals surface area contributed by atoms with E-state index >= 15 is 0 Å². The molecule has 2 heterocycles. The Morgan fingerprint density at radius 3 is 2.74 bits per heavy atom. The number of amides is 1. The molecule has 0 bridgehead atoms. The summed E-state index contributed by atoms with van der Waals surface area (Å²) in [5.41, 5.74) is -0.895. The van der Waals surface area contributed by atoms with E-state index in [0.29, 0.717) is 44.3 Å². The Bertz CT molecular complexity index is 896. The van der Waals surface area contributed by atoms with Crippen LogP contribution in [0, 0.1) is 11.3 Å². The number of benzene rings is 1. The topological polar surface area (TPSA) is 71.0 Å². The van der Waals surface area contributed by atoms with Crippen molar-refractivity contribution in [1.82, 2.24) is 10.2 Å². The van der Waals surface area contributed by atoms with E-state index in [1.165, 1.54) is 11.0 Å². The Balaban J connectivity index is 1.56. The second kappa shape index (κ2) is 9.72. The van der Waals surface area contributed by atoms with Crippen LogP contribution in [0.15, 0.2) is 18.2 Å². The monoisotopic (exact) mass is 488 g/mol. The quantitative estimate of drug-likeness (QED) is 0.363. The van der Waals surface area contributed by atoms with E-state index in [4.69, 9.17) is 4.74 Å². The molecular weight excluding hydrogens is 456 g/mol. The van der Waals surface area contributed by atoms with E-state index in [-0.39, 0.29) is 42.6 Å². The van der Waals surface area contributed by atoms with Gasteiger partial charge in [-0.05, 0) is 55.7 Å². The summed E-state index contributed by atoms with van der Waals surface area (Å²) in [5.74, 6) is -0.317. The highest BCUT2D eigenvalue weighted by atomic mass is 19.4. The van der Waals surface area contributed by atoms with Crippen LogP contribution in [0.5, 0.6) is 0 Å². The van der Waals surface area contributed by atoms with Gasteiger partial charge in [-0.1, -0.05) is 19.9 Å². The third-order valence-electron chi connectivity index (χ3n) is 7.82. The van der Waals surface area contributed by atoms with Gasteiger partial charge in [0.1, 0.15) is 6.17 Å². The Hall–Kier alpha value is -1.75. The first-order chi connectivity index (χ1) is 16.1. The molecular formula is C24H32F4N2O4. The lowest BCUT2D eigenvalue weighted by atomic mass is 9.73. The molecule has 6 nitrogen and oxygen atoms in total. The summed E-state index contributed by atoms with van der Waals surface area (Å²) in [6, 6.07) is 2.94. The van der Waals surface area contributed by atoms with Gasteiger partial charge >= 0.3 is 6.18 Å². The maximum absolute atomic E-state index is 14.3. The Labute approximate surface area is 196 Å². The summed E-state index contributed by atoms with van der Waals surface area (Å²) in [5, 5.41) is 13.0. The molecule has 0 radical (unpaired) electrons. The number of carbonyl (C=O) groups excluding carboxylic acids is 1. The molecule has 4 unspecified atom stereocenters. The molecule has 1 amide bonds. The number of ether oxygens (including phenoxy) is 1. The third-order valence-corrected chi connectivity index (χ3v) is 7.82. The van der Waals surface area contributed by atoms with Gasteiger partial charge in [0, 0.05) is 30.8 Å². The lowest BCUT2D eigenvalue weighted by molar-refractivity contribution is -0.316. The van der Waals surface area contributed by atoms with Crippen LogP contribution in [-0.2, 0) is 27.0 Å². The van der Waals surface area contributed by atoms with Crippen molar-refractivity contribution in [3.63, 3.8) is 0 Å². The molecule has 1 aromatic carbocycles. The minimum Gasteiger partial charge on any atom is -0.378 e. The molecule has 3 aliphatic rings. The molecule has 10 heteroatoms. The molecule has 1 saturated carbocycles. The molecule has 1 saturated heterocycles. The van der Waals surface area contributed by atoms with E-state index in [0.717, 1.165) is 12.1 Å². The fourth-order valence-corrected chi connectivity index (χ4v) is 5.74. The fourth-order valence-electron chi connectivity index (χ4n) is 5.74. The van der Waals surface area contributed by atoms with Gasteiger partial charge in [0.05, 0.1) is 17.6 Å². The molecule has 4 rings (SSSR count). The first-order valence-corrected chi connectivity index (χ1v) is 11.9. The van der Waals surface area contributed by atoms with Gasteiger partial charge in [-0.15, -0.1) is 0 Å². The zero-order valence-electron chi connectivity index (χ0n) is 19.4. The Kier molecular flexibility index (Phi) is 7.24. The highest BCUT2D eigenvalue weighted by Crippen LogP contribution is 2.48. The molecule has 34 heavy (non-hydrogen) atoms. The zero-order chi connectivity index (χ0) is 24.7.